The number of fused-ring (bicyclic) bond motifs is 1. The molecule has 44 heavy (non-hydrogen) atoms. The summed E-state index contributed by atoms with van der Waals surface area (Å²) in [5, 5.41) is 5.68. The highest BCUT2D eigenvalue weighted by atomic mass is 16.5. The Morgan fingerprint density at radius 3 is 2.23 bits per heavy atom. The molecule has 3 aliphatic rings. The number of rotatable bonds is 10. The molecule has 0 radical (unpaired) electrons. The number of benzene rings is 1. The average Bonchev–Trinajstić information content (AvgIpc) is 2.95. The van der Waals surface area contributed by atoms with Crippen molar-refractivity contribution in [3.63, 3.8) is 0 Å². The van der Waals surface area contributed by atoms with E-state index in [0.29, 0.717) is 49.5 Å². The SMILES string of the molecule is CC(C)OC(=O)CN1Cc2c(cccc2OCCCC(=O)N(C2CCCCC2)C2CCCCC2)N=C1NC(=O)NC(C)(C)C. The molecule has 0 spiro atoms. The molecule has 3 amide bonds. The molecule has 0 saturated heterocycles. The third kappa shape index (κ3) is 9.86. The number of esters is 1. The summed E-state index contributed by atoms with van der Waals surface area (Å²) < 4.78 is 11.6. The molecule has 0 bridgehead atoms. The summed E-state index contributed by atoms with van der Waals surface area (Å²) >= 11 is 0. The Morgan fingerprint density at radius 2 is 1.64 bits per heavy atom. The number of ether oxygens (including phenoxy) is 2. The highest BCUT2D eigenvalue weighted by Gasteiger charge is 2.32. The van der Waals surface area contributed by atoms with Gasteiger partial charge in [-0.25, -0.2) is 9.79 Å². The van der Waals surface area contributed by atoms with Gasteiger partial charge in [0.15, 0.2) is 0 Å². The summed E-state index contributed by atoms with van der Waals surface area (Å²) in [5.74, 6) is 0.793. The lowest BCUT2D eigenvalue weighted by atomic mass is 9.88. The van der Waals surface area contributed by atoms with Crippen molar-refractivity contribution in [2.75, 3.05) is 13.2 Å². The molecular weight excluding hydrogens is 558 g/mol. The number of urea groups is 1. The van der Waals surface area contributed by atoms with Gasteiger partial charge in [-0.05, 0) is 78.9 Å². The molecule has 2 aliphatic carbocycles. The van der Waals surface area contributed by atoms with Crippen LogP contribution in [0.1, 0.15) is 117 Å². The van der Waals surface area contributed by atoms with Crippen LogP contribution in [0.3, 0.4) is 0 Å². The highest BCUT2D eigenvalue weighted by molar-refractivity contribution is 5.99. The van der Waals surface area contributed by atoms with E-state index < -0.39 is 17.5 Å². The van der Waals surface area contributed by atoms with Crippen molar-refractivity contribution < 1.29 is 23.9 Å². The fraction of sp³-hybridized carbons (Fsp3) is 0.706. The average molecular weight is 612 g/mol. The molecule has 2 saturated carbocycles. The molecule has 1 aliphatic heterocycles. The van der Waals surface area contributed by atoms with Gasteiger partial charge in [-0.3, -0.25) is 14.9 Å². The quantitative estimate of drug-likeness (QED) is 0.241. The van der Waals surface area contributed by atoms with Crippen molar-refractivity contribution in [2.24, 2.45) is 4.99 Å². The Hall–Kier alpha value is -3.30. The number of guanidine groups is 1. The zero-order valence-corrected chi connectivity index (χ0v) is 27.5. The number of aliphatic imine (C=N–C) groups is 1. The molecule has 10 nitrogen and oxygen atoms in total. The van der Waals surface area contributed by atoms with Crippen LogP contribution < -0.4 is 15.4 Å². The van der Waals surface area contributed by atoms with Crippen molar-refractivity contribution >= 4 is 29.6 Å². The first-order valence-electron chi connectivity index (χ1n) is 16.7. The summed E-state index contributed by atoms with van der Waals surface area (Å²) in [7, 11) is 0. The Morgan fingerprint density at radius 1 is 1.00 bits per heavy atom. The van der Waals surface area contributed by atoms with Crippen LogP contribution in [0.4, 0.5) is 10.5 Å². The van der Waals surface area contributed by atoms with Crippen LogP contribution in [0.2, 0.25) is 0 Å². The second-order valence-electron chi connectivity index (χ2n) is 13.7. The molecule has 1 aromatic rings. The Balaban J connectivity index is 1.42. The molecule has 1 heterocycles. The molecular formula is C34H53N5O5. The maximum atomic E-state index is 13.6. The lowest BCUT2D eigenvalue weighted by Gasteiger charge is -2.42. The Labute approximate surface area is 263 Å². The van der Waals surface area contributed by atoms with Gasteiger partial charge in [-0.1, -0.05) is 44.6 Å². The fourth-order valence-corrected chi connectivity index (χ4v) is 6.53. The maximum absolute atomic E-state index is 13.6. The van der Waals surface area contributed by atoms with Crippen LogP contribution in [0, 0.1) is 0 Å². The van der Waals surface area contributed by atoms with E-state index in [0.717, 1.165) is 31.2 Å². The number of hydrogen-bond acceptors (Lipinski definition) is 7. The predicted molar refractivity (Wildman–Crippen MR) is 172 cm³/mol. The van der Waals surface area contributed by atoms with Crippen molar-refractivity contribution in [1.82, 2.24) is 20.4 Å². The molecule has 4 rings (SSSR count). The van der Waals surface area contributed by atoms with Crippen molar-refractivity contribution in [3.05, 3.63) is 23.8 Å². The normalized spacial score (nSPS) is 17.9. The second-order valence-corrected chi connectivity index (χ2v) is 13.7. The van der Waals surface area contributed by atoms with E-state index in [9.17, 15) is 14.4 Å². The Bertz CT molecular complexity index is 1150. The first kappa shape index (κ1) is 33.6. The molecule has 2 N–H and O–H groups in total. The van der Waals surface area contributed by atoms with Crippen molar-refractivity contribution in [3.8, 4) is 5.75 Å². The molecule has 0 unspecified atom stereocenters. The van der Waals surface area contributed by atoms with Gasteiger partial charge in [0.25, 0.3) is 0 Å². The minimum Gasteiger partial charge on any atom is -0.493 e. The first-order valence-corrected chi connectivity index (χ1v) is 16.7. The second kappa shape index (κ2) is 15.6. The van der Waals surface area contributed by atoms with E-state index in [1.165, 1.54) is 38.5 Å². The number of amides is 3. The lowest BCUT2D eigenvalue weighted by molar-refractivity contribution is -0.148. The van der Waals surface area contributed by atoms with E-state index in [1.807, 2.05) is 39.0 Å². The van der Waals surface area contributed by atoms with E-state index in [2.05, 4.69) is 15.5 Å². The van der Waals surface area contributed by atoms with Gasteiger partial charge in [0.2, 0.25) is 11.9 Å². The molecule has 0 aromatic heterocycles. The third-order valence-electron chi connectivity index (χ3n) is 8.40. The van der Waals surface area contributed by atoms with Crippen molar-refractivity contribution in [2.45, 2.75) is 142 Å². The number of nitrogens with one attached hydrogen (secondary N) is 2. The largest absolute Gasteiger partial charge is 0.493 e. The minimum atomic E-state index is -0.440. The van der Waals surface area contributed by atoms with Gasteiger partial charge in [-0.2, -0.15) is 0 Å². The number of nitrogens with zero attached hydrogens (tertiary/aromatic N) is 3. The van der Waals surface area contributed by atoms with Gasteiger partial charge in [0.1, 0.15) is 12.3 Å². The molecule has 10 heteroatoms. The van der Waals surface area contributed by atoms with E-state index in [1.54, 1.807) is 18.7 Å². The summed E-state index contributed by atoms with van der Waals surface area (Å²) in [6.45, 7) is 9.91. The van der Waals surface area contributed by atoms with E-state index >= 15 is 0 Å². The summed E-state index contributed by atoms with van der Waals surface area (Å²) in [6, 6.07) is 6.00. The minimum absolute atomic E-state index is 0.0761. The van der Waals surface area contributed by atoms with Gasteiger partial charge in [0, 0.05) is 29.6 Å². The van der Waals surface area contributed by atoms with Crippen molar-refractivity contribution in [1.29, 1.82) is 0 Å². The zero-order valence-electron chi connectivity index (χ0n) is 27.5. The molecule has 244 valence electrons. The third-order valence-corrected chi connectivity index (χ3v) is 8.40. The van der Waals surface area contributed by atoms with E-state index in [4.69, 9.17) is 14.5 Å². The van der Waals surface area contributed by atoms with Crippen LogP contribution >= 0.6 is 0 Å². The van der Waals surface area contributed by atoms with Crippen LogP contribution in [0.25, 0.3) is 0 Å². The van der Waals surface area contributed by atoms with Gasteiger partial charge >= 0.3 is 12.0 Å². The monoisotopic (exact) mass is 611 g/mol. The van der Waals surface area contributed by atoms with Crippen LogP contribution in [0.15, 0.2) is 23.2 Å². The number of hydrogen-bond donors (Lipinski definition) is 2. The fourth-order valence-electron chi connectivity index (χ4n) is 6.53. The van der Waals surface area contributed by atoms with Gasteiger partial charge in [-0.15, -0.1) is 0 Å². The lowest BCUT2D eigenvalue weighted by Crippen LogP contribution is -2.53. The first-order chi connectivity index (χ1) is 21.0. The predicted octanol–water partition coefficient (Wildman–Crippen LogP) is 6.19. The van der Waals surface area contributed by atoms with E-state index in [-0.39, 0.29) is 24.5 Å². The van der Waals surface area contributed by atoms with Crippen LogP contribution in [0.5, 0.6) is 5.75 Å². The standard InChI is InChI=1S/C34H53N5O5/c1-24(2)44-31(41)23-38-22-27-28(35-32(38)36-33(42)37-34(3,4)5)18-12-19-29(27)43-21-13-20-30(40)39(25-14-8-6-9-15-25)26-16-10-7-11-17-26/h12,18-19,24-26H,6-11,13-17,20-23H2,1-5H3,(H2,35,36,37,42). The maximum Gasteiger partial charge on any atom is 0.325 e. The topological polar surface area (TPSA) is 113 Å². The molecule has 0 atom stereocenters. The summed E-state index contributed by atoms with van der Waals surface area (Å²) in [5.41, 5.74) is 1.05. The molecule has 2 fully saturated rings. The summed E-state index contributed by atoms with van der Waals surface area (Å²) in [6.07, 6.45) is 12.8. The van der Waals surface area contributed by atoms with Crippen LogP contribution in [-0.4, -0.2) is 70.5 Å². The molecule has 1 aromatic carbocycles. The smallest absolute Gasteiger partial charge is 0.325 e. The number of carbonyl (C=O) groups excluding carboxylic acids is 3. The zero-order chi connectivity index (χ0) is 31.7. The Kier molecular flexibility index (Phi) is 11.9. The van der Waals surface area contributed by atoms with Gasteiger partial charge < -0.3 is 24.6 Å². The van der Waals surface area contributed by atoms with Crippen LogP contribution in [-0.2, 0) is 20.9 Å². The number of carbonyl (C=O) groups is 3. The van der Waals surface area contributed by atoms with Gasteiger partial charge in [0.05, 0.1) is 24.9 Å². The highest BCUT2D eigenvalue weighted by Crippen LogP contribution is 2.34. The summed E-state index contributed by atoms with van der Waals surface area (Å²) in [4.78, 5) is 47.6.